The number of benzene rings is 1. The third kappa shape index (κ3) is 4.62. The number of nitrogens with one attached hydrogen (secondary N) is 1. The molecule has 1 aliphatic rings. The van der Waals surface area contributed by atoms with Crippen LogP contribution in [0.3, 0.4) is 0 Å². The first-order valence-corrected chi connectivity index (χ1v) is 8.28. The fourth-order valence-corrected chi connectivity index (χ4v) is 3.61. The van der Waals surface area contributed by atoms with E-state index >= 15 is 0 Å². The molecule has 7 nitrogen and oxygen atoms in total. The normalized spacial score (nSPS) is 16.1. The van der Waals surface area contributed by atoms with Crippen LogP contribution >= 0.6 is 28.3 Å². The molecular weight excluding hydrogens is 386 g/mol. The molecule has 1 aliphatic carbocycles. The lowest BCUT2D eigenvalue weighted by molar-refractivity contribution is -0.387. The average molecular weight is 401 g/mol. The molecule has 3 N–H and O–H groups in total. The van der Waals surface area contributed by atoms with Gasteiger partial charge in [0, 0.05) is 23.1 Å². The van der Waals surface area contributed by atoms with Gasteiger partial charge in [-0.3, -0.25) is 10.1 Å². The predicted octanol–water partition coefficient (Wildman–Crippen LogP) is 1.79. The summed E-state index contributed by atoms with van der Waals surface area (Å²) in [5.41, 5.74) is 5.36. The summed E-state index contributed by atoms with van der Waals surface area (Å²) in [6.45, 7) is 0.0800. The first-order chi connectivity index (χ1) is 9.31. The highest BCUT2D eigenvalue weighted by atomic mass is 79.9. The lowest BCUT2D eigenvalue weighted by Crippen LogP contribution is -2.38. The second kappa shape index (κ2) is 7.01. The largest absolute Gasteiger partial charge is 0.326 e. The van der Waals surface area contributed by atoms with E-state index < -0.39 is 20.6 Å². The summed E-state index contributed by atoms with van der Waals surface area (Å²) in [7, 11) is -3.96. The fraction of sp³-hybridized carbons (Fsp3) is 0.455. The van der Waals surface area contributed by atoms with Crippen molar-refractivity contribution in [2.45, 2.75) is 23.8 Å². The zero-order valence-electron chi connectivity index (χ0n) is 10.9. The van der Waals surface area contributed by atoms with Gasteiger partial charge in [0.1, 0.15) is 0 Å². The van der Waals surface area contributed by atoms with Gasteiger partial charge in [0.2, 0.25) is 10.0 Å². The molecule has 0 radical (unpaired) electrons. The highest BCUT2D eigenvalue weighted by Crippen LogP contribution is 2.32. The summed E-state index contributed by atoms with van der Waals surface area (Å²) in [6, 6.07) is 3.53. The standard InChI is InChI=1S/C11H14BrN3O4S.ClH/c12-8-3-4-10(15(16)17)11(5-8)20(18,19)14-6-9(13)7-1-2-7;/h3-5,7,9,14H,1-2,6,13H2;1H. The number of hydrogen-bond donors (Lipinski definition) is 2. The van der Waals surface area contributed by atoms with Crippen LogP contribution in [0.5, 0.6) is 0 Å². The molecule has 0 aromatic heterocycles. The highest BCUT2D eigenvalue weighted by Gasteiger charge is 2.31. The Morgan fingerprint density at radius 2 is 2.10 bits per heavy atom. The smallest absolute Gasteiger partial charge is 0.289 e. The van der Waals surface area contributed by atoms with Gasteiger partial charge in [-0.1, -0.05) is 15.9 Å². The van der Waals surface area contributed by atoms with Crippen LogP contribution < -0.4 is 10.5 Å². The summed E-state index contributed by atoms with van der Waals surface area (Å²) < 4.78 is 27.1. The van der Waals surface area contributed by atoms with Gasteiger partial charge in [-0.25, -0.2) is 13.1 Å². The molecule has 0 bridgehead atoms. The summed E-state index contributed by atoms with van der Waals surface area (Å²) in [5, 5.41) is 10.9. The van der Waals surface area contributed by atoms with Gasteiger partial charge in [0.05, 0.1) is 4.92 Å². The van der Waals surface area contributed by atoms with Crippen LogP contribution in [0.4, 0.5) is 5.69 Å². The molecule has 118 valence electrons. The molecule has 10 heteroatoms. The Morgan fingerprint density at radius 3 is 2.62 bits per heavy atom. The van der Waals surface area contributed by atoms with Gasteiger partial charge in [-0.15, -0.1) is 12.4 Å². The van der Waals surface area contributed by atoms with Crippen LogP contribution in [0.1, 0.15) is 12.8 Å². The molecule has 1 saturated carbocycles. The Bertz CT molecular complexity index is 636. The zero-order valence-corrected chi connectivity index (χ0v) is 14.1. The molecule has 0 amide bonds. The van der Waals surface area contributed by atoms with Crippen LogP contribution in [0, 0.1) is 16.0 Å². The molecule has 0 saturated heterocycles. The number of hydrogen-bond acceptors (Lipinski definition) is 5. The van der Waals surface area contributed by atoms with E-state index in [-0.39, 0.29) is 29.9 Å². The monoisotopic (exact) mass is 399 g/mol. The third-order valence-corrected chi connectivity index (χ3v) is 5.09. The Labute approximate surface area is 137 Å². The van der Waals surface area contributed by atoms with Gasteiger partial charge in [0.15, 0.2) is 4.90 Å². The molecule has 1 aromatic carbocycles. The maximum atomic E-state index is 12.2. The maximum Gasteiger partial charge on any atom is 0.289 e. The molecule has 2 rings (SSSR count). The van der Waals surface area contributed by atoms with Crippen LogP contribution in [0.2, 0.25) is 0 Å². The van der Waals surface area contributed by atoms with E-state index in [9.17, 15) is 18.5 Å². The van der Waals surface area contributed by atoms with E-state index in [1.807, 2.05) is 0 Å². The van der Waals surface area contributed by atoms with Gasteiger partial charge in [-0.05, 0) is 30.9 Å². The van der Waals surface area contributed by atoms with E-state index in [1.54, 1.807) is 0 Å². The van der Waals surface area contributed by atoms with E-state index in [1.165, 1.54) is 12.1 Å². The maximum absolute atomic E-state index is 12.2. The molecule has 0 aliphatic heterocycles. The van der Waals surface area contributed by atoms with Crippen LogP contribution in [-0.2, 0) is 10.0 Å². The molecule has 1 atom stereocenters. The minimum Gasteiger partial charge on any atom is -0.326 e. The van der Waals surface area contributed by atoms with Crippen molar-refractivity contribution in [1.82, 2.24) is 4.72 Å². The molecule has 1 aromatic rings. The van der Waals surface area contributed by atoms with Crippen molar-refractivity contribution in [2.75, 3.05) is 6.54 Å². The minimum absolute atomic E-state index is 0. The highest BCUT2D eigenvalue weighted by molar-refractivity contribution is 9.10. The van der Waals surface area contributed by atoms with E-state index in [2.05, 4.69) is 20.7 Å². The quantitative estimate of drug-likeness (QED) is 0.558. The zero-order chi connectivity index (χ0) is 14.9. The molecular formula is C11H15BrClN3O4S. The lowest BCUT2D eigenvalue weighted by atomic mass is 10.2. The molecule has 1 fully saturated rings. The van der Waals surface area contributed by atoms with Crippen molar-refractivity contribution in [1.29, 1.82) is 0 Å². The van der Waals surface area contributed by atoms with Crippen molar-refractivity contribution < 1.29 is 13.3 Å². The number of rotatable bonds is 6. The predicted molar refractivity (Wildman–Crippen MR) is 83.9 cm³/mol. The summed E-state index contributed by atoms with van der Waals surface area (Å²) >= 11 is 3.11. The topological polar surface area (TPSA) is 115 Å². The Kier molecular flexibility index (Phi) is 6.11. The number of nitro groups is 1. The molecule has 1 unspecified atom stereocenters. The van der Waals surface area contributed by atoms with Crippen LogP contribution in [0.15, 0.2) is 27.6 Å². The van der Waals surface area contributed by atoms with Gasteiger partial charge >= 0.3 is 0 Å². The Hall–Kier alpha value is -0.740. The lowest BCUT2D eigenvalue weighted by Gasteiger charge is -2.12. The first-order valence-electron chi connectivity index (χ1n) is 6.00. The molecule has 0 heterocycles. The molecule has 0 spiro atoms. The van der Waals surface area contributed by atoms with Crippen molar-refractivity contribution in [3.8, 4) is 0 Å². The number of nitrogens with two attached hydrogens (primary N) is 1. The SMILES string of the molecule is Cl.NC(CNS(=O)(=O)c1cc(Br)ccc1[N+](=O)[O-])C1CC1. The number of sulfonamides is 1. The van der Waals surface area contributed by atoms with Crippen molar-refractivity contribution in [3.05, 3.63) is 32.8 Å². The van der Waals surface area contributed by atoms with Crippen molar-refractivity contribution in [2.24, 2.45) is 11.7 Å². The van der Waals surface area contributed by atoms with Gasteiger partial charge < -0.3 is 5.73 Å². The van der Waals surface area contributed by atoms with E-state index in [0.717, 1.165) is 18.9 Å². The number of nitro benzene ring substituents is 1. The van der Waals surface area contributed by atoms with Crippen LogP contribution in [-0.4, -0.2) is 25.9 Å². The summed E-state index contributed by atoms with van der Waals surface area (Å²) in [5.74, 6) is 0.343. The van der Waals surface area contributed by atoms with E-state index in [0.29, 0.717) is 10.4 Å². The summed E-state index contributed by atoms with van der Waals surface area (Å²) in [6.07, 6.45) is 2.00. The van der Waals surface area contributed by atoms with Crippen LogP contribution in [0.25, 0.3) is 0 Å². The summed E-state index contributed by atoms with van der Waals surface area (Å²) in [4.78, 5) is 9.83. The van der Waals surface area contributed by atoms with Gasteiger partial charge in [0.25, 0.3) is 5.69 Å². The molecule has 21 heavy (non-hydrogen) atoms. The minimum atomic E-state index is -3.96. The van der Waals surface area contributed by atoms with E-state index in [4.69, 9.17) is 5.73 Å². The second-order valence-electron chi connectivity index (χ2n) is 4.72. The van der Waals surface area contributed by atoms with Crippen molar-refractivity contribution in [3.63, 3.8) is 0 Å². The number of halogens is 2. The third-order valence-electron chi connectivity index (χ3n) is 3.14. The second-order valence-corrected chi connectivity index (χ2v) is 7.37. The number of nitrogens with zero attached hydrogens (tertiary/aromatic N) is 1. The van der Waals surface area contributed by atoms with Crippen molar-refractivity contribution >= 4 is 44.0 Å². The Balaban J connectivity index is 0.00000220. The first kappa shape index (κ1) is 18.3. The Morgan fingerprint density at radius 1 is 1.48 bits per heavy atom. The average Bonchev–Trinajstić information content (AvgIpc) is 3.20. The van der Waals surface area contributed by atoms with Gasteiger partial charge in [-0.2, -0.15) is 0 Å². The fourth-order valence-electron chi connectivity index (χ4n) is 1.83.